The van der Waals surface area contributed by atoms with Crippen LogP contribution in [0.5, 0.6) is 5.75 Å². The van der Waals surface area contributed by atoms with Gasteiger partial charge in [0.05, 0.1) is 13.2 Å². The first-order valence-electron chi connectivity index (χ1n) is 6.42. The van der Waals surface area contributed by atoms with Crippen molar-refractivity contribution in [3.05, 3.63) is 30.3 Å². The van der Waals surface area contributed by atoms with Gasteiger partial charge in [0, 0.05) is 6.54 Å². The van der Waals surface area contributed by atoms with E-state index in [2.05, 4.69) is 0 Å². The quantitative estimate of drug-likeness (QED) is 0.881. The van der Waals surface area contributed by atoms with Crippen LogP contribution in [0.1, 0.15) is 6.92 Å². The minimum absolute atomic E-state index is 0.0130. The zero-order valence-electron chi connectivity index (χ0n) is 11.2. The molecular formula is C14H17NO5. The van der Waals surface area contributed by atoms with Crippen molar-refractivity contribution in [1.82, 2.24) is 4.90 Å². The van der Waals surface area contributed by atoms with Gasteiger partial charge in [0.1, 0.15) is 5.75 Å². The molecule has 2 atom stereocenters. The van der Waals surface area contributed by atoms with Crippen LogP contribution in [0.3, 0.4) is 0 Å². The fourth-order valence-corrected chi connectivity index (χ4v) is 2.06. The first-order chi connectivity index (χ1) is 9.59. The Kier molecular flexibility index (Phi) is 4.57. The SMILES string of the molecule is C[C@@H](Oc1ccccc1)C(=O)N1CCOC[C@@H]1C(=O)O. The van der Waals surface area contributed by atoms with Gasteiger partial charge >= 0.3 is 5.97 Å². The first kappa shape index (κ1) is 14.3. The van der Waals surface area contributed by atoms with Crippen LogP contribution in [0.15, 0.2) is 30.3 Å². The summed E-state index contributed by atoms with van der Waals surface area (Å²) in [4.78, 5) is 24.7. The first-order valence-corrected chi connectivity index (χ1v) is 6.42. The number of ether oxygens (including phenoxy) is 2. The summed E-state index contributed by atoms with van der Waals surface area (Å²) in [6, 6.07) is 8.01. The molecule has 0 bridgehead atoms. The van der Waals surface area contributed by atoms with Gasteiger partial charge < -0.3 is 19.5 Å². The standard InChI is InChI=1S/C14H17NO5/c1-10(20-11-5-3-2-4-6-11)13(16)15-7-8-19-9-12(15)14(17)18/h2-6,10,12H,7-9H2,1H3,(H,17,18)/t10-,12-/m1/s1. The van der Waals surface area contributed by atoms with Crippen LogP contribution in [0.25, 0.3) is 0 Å². The van der Waals surface area contributed by atoms with Crippen LogP contribution in [0.2, 0.25) is 0 Å². The molecule has 1 heterocycles. The second-order valence-corrected chi connectivity index (χ2v) is 4.53. The highest BCUT2D eigenvalue weighted by Gasteiger charge is 2.35. The average molecular weight is 279 g/mol. The number of benzene rings is 1. The molecule has 1 N–H and O–H groups in total. The molecule has 0 spiro atoms. The van der Waals surface area contributed by atoms with Crippen molar-refractivity contribution in [2.24, 2.45) is 0 Å². The molecule has 20 heavy (non-hydrogen) atoms. The molecule has 6 nitrogen and oxygen atoms in total. The number of carbonyl (C=O) groups excluding carboxylic acids is 1. The molecule has 0 aromatic heterocycles. The van der Waals surface area contributed by atoms with E-state index in [4.69, 9.17) is 14.6 Å². The van der Waals surface area contributed by atoms with Crippen LogP contribution in [-0.4, -0.2) is 53.8 Å². The van der Waals surface area contributed by atoms with Crippen molar-refractivity contribution in [3.63, 3.8) is 0 Å². The molecule has 1 amide bonds. The third-order valence-electron chi connectivity index (χ3n) is 3.10. The Morgan fingerprint density at radius 3 is 2.75 bits per heavy atom. The highest BCUT2D eigenvalue weighted by molar-refractivity contribution is 5.86. The summed E-state index contributed by atoms with van der Waals surface area (Å²) in [5.41, 5.74) is 0. The molecule has 1 aliphatic rings. The molecule has 1 aromatic carbocycles. The number of carboxylic acid groups (broad SMARTS) is 1. The van der Waals surface area contributed by atoms with E-state index in [-0.39, 0.29) is 19.1 Å². The number of rotatable bonds is 4. The van der Waals surface area contributed by atoms with Gasteiger partial charge in [-0.2, -0.15) is 0 Å². The monoisotopic (exact) mass is 279 g/mol. The van der Waals surface area contributed by atoms with Gasteiger partial charge in [-0.15, -0.1) is 0 Å². The Labute approximate surface area is 116 Å². The van der Waals surface area contributed by atoms with Crippen LogP contribution >= 0.6 is 0 Å². The molecule has 1 aromatic rings. The smallest absolute Gasteiger partial charge is 0.328 e. The topological polar surface area (TPSA) is 76.1 Å². The van der Waals surface area contributed by atoms with E-state index < -0.39 is 18.1 Å². The number of carbonyl (C=O) groups is 2. The maximum atomic E-state index is 12.3. The number of nitrogens with zero attached hydrogens (tertiary/aromatic N) is 1. The molecule has 0 aliphatic carbocycles. The van der Waals surface area contributed by atoms with Crippen molar-refractivity contribution in [2.75, 3.05) is 19.8 Å². The summed E-state index contributed by atoms with van der Waals surface area (Å²) in [5, 5.41) is 9.11. The van der Waals surface area contributed by atoms with E-state index in [0.717, 1.165) is 0 Å². The van der Waals surface area contributed by atoms with Crippen LogP contribution in [0, 0.1) is 0 Å². The highest BCUT2D eigenvalue weighted by atomic mass is 16.5. The Morgan fingerprint density at radius 2 is 2.10 bits per heavy atom. The lowest BCUT2D eigenvalue weighted by Gasteiger charge is -2.34. The minimum Gasteiger partial charge on any atom is -0.481 e. The van der Waals surface area contributed by atoms with Gasteiger partial charge in [0.2, 0.25) is 0 Å². The number of morpholine rings is 1. The Hall–Kier alpha value is -2.08. The van der Waals surface area contributed by atoms with Crippen molar-refractivity contribution < 1.29 is 24.2 Å². The molecule has 2 rings (SSSR count). The lowest BCUT2D eigenvalue weighted by Crippen LogP contribution is -2.55. The average Bonchev–Trinajstić information content (AvgIpc) is 2.47. The van der Waals surface area contributed by atoms with Gasteiger partial charge in [-0.05, 0) is 19.1 Å². The number of para-hydroxylation sites is 1. The van der Waals surface area contributed by atoms with Crippen molar-refractivity contribution in [3.8, 4) is 5.75 Å². The van der Waals surface area contributed by atoms with Crippen molar-refractivity contribution in [2.45, 2.75) is 19.1 Å². The number of hydrogen-bond donors (Lipinski definition) is 1. The maximum absolute atomic E-state index is 12.3. The number of carboxylic acids is 1. The van der Waals surface area contributed by atoms with Crippen LogP contribution in [-0.2, 0) is 14.3 Å². The van der Waals surface area contributed by atoms with Gasteiger partial charge in [-0.25, -0.2) is 4.79 Å². The predicted octanol–water partition coefficient (Wildman–Crippen LogP) is 0.766. The Balaban J connectivity index is 2.03. The number of hydrogen-bond acceptors (Lipinski definition) is 4. The van der Waals surface area contributed by atoms with Crippen molar-refractivity contribution in [1.29, 1.82) is 0 Å². The zero-order chi connectivity index (χ0) is 14.5. The fourth-order valence-electron chi connectivity index (χ4n) is 2.06. The molecule has 0 unspecified atom stereocenters. The normalized spacial score (nSPS) is 20.2. The molecule has 108 valence electrons. The molecule has 0 radical (unpaired) electrons. The van der Waals surface area contributed by atoms with Gasteiger partial charge in [-0.1, -0.05) is 18.2 Å². The molecule has 1 aliphatic heterocycles. The van der Waals surface area contributed by atoms with Crippen LogP contribution in [0.4, 0.5) is 0 Å². The lowest BCUT2D eigenvalue weighted by atomic mass is 10.2. The Morgan fingerprint density at radius 1 is 1.40 bits per heavy atom. The molecule has 0 saturated carbocycles. The van der Waals surface area contributed by atoms with E-state index in [1.54, 1.807) is 31.2 Å². The number of aliphatic carboxylic acids is 1. The molecule has 1 fully saturated rings. The van der Waals surface area contributed by atoms with Gasteiger partial charge in [0.15, 0.2) is 12.1 Å². The third-order valence-corrected chi connectivity index (χ3v) is 3.10. The van der Waals surface area contributed by atoms with Crippen molar-refractivity contribution >= 4 is 11.9 Å². The van der Waals surface area contributed by atoms with E-state index in [9.17, 15) is 9.59 Å². The molecule has 1 saturated heterocycles. The summed E-state index contributed by atoms with van der Waals surface area (Å²) in [6.45, 7) is 2.23. The van der Waals surface area contributed by atoms with E-state index in [1.165, 1.54) is 4.90 Å². The summed E-state index contributed by atoms with van der Waals surface area (Å²) < 4.78 is 10.6. The predicted molar refractivity (Wildman–Crippen MR) is 70.5 cm³/mol. The largest absolute Gasteiger partial charge is 0.481 e. The lowest BCUT2D eigenvalue weighted by molar-refractivity contribution is -0.161. The number of amides is 1. The second-order valence-electron chi connectivity index (χ2n) is 4.53. The zero-order valence-corrected chi connectivity index (χ0v) is 11.2. The second kappa shape index (κ2) is 6.38. The summed E-state index contributed by atoms with van der Waals surface area (Å²) in [7, 11) is 0. The summed E-state index contributed by atoms with van der Waals surface area (Å²) >= 11 is 0. The third kappa shape index (κ3) is 3.27. The minimum atomic E-state index is -1.06. The summed E-state index contributed by atoms with van der Waals surface area (Å²) in [6.07, 6.45) is -0.739. The van der Waals surface area contributed by atoms with E-state index in [0.29, 0.717) is 12.4 Å². The molecular weight excluding hydrogens is 262 g/mol. The van der Waals surface area contributed by atoms with Gasteiger partial charge in [0.25, 0.3) is 5.91 Å². The fraction of sp³-hybridized carbons (Fsp3) is 0.429. The van der Waals surface area contributed by atoms with E-state index in [1.807, 2.05) is 6.07 Å². The van der Waals surface area contributed by atoms with E-state index >= 15 is 0 Å². The summed E-state index contributed by atoms with van der Waals surface area (Å²) in [5.74, 6) is -0.831. The van der Waals surface area contributed by atoms with Crippen LogP contribution < -0.4 is 4.74 Å². The highest BCUT2D eigenvalue weighted by Crippen LogP contribution is 2.15. The Bertz CT molecular complexity index is 476. The maximum Gasteiger partial charge on any atom is 0.328 e. The molecule has 6 heteroatoms. The van der Waals surface area contributed by atoms with Gasteiger partial charge in [-0.3, -0.25) is 4.79 Å².